The van der Waals surface area contributed by atoms with Crippen molar-refractivity contribution in [1.82, 2.24) is 19.7 Å². The van der Waals surface area contributed by atoms with Gasteiger partial charge in [0.2, 0.25) is 0 Å². The first-order chi connectivity index (χ1) is 9.65. The summed E-state index contributed by atoms with van der Waals surface area (Å²) in [7, 11) is 0. The first-order valence-electron chi connectivity index (χ1n) is 6.37. The molecule has 0 atom stereocenters. The van der Waals surface area contributed by atoms with Crippen molar-refractivity contribution in [3.05, 3.63) is 24.0 Å². The summed E-state index contributed by atoms with van der Waals surface area (Å²) in [4.78, 5) is 14.9. The highest BCUT2D eigenvalue weighted by molar-refractivity contribution is 7.99. The van der Waals surface area contributed by atoms with E-state index in [4.69, 9.17) is 5.11 Å². The molecular weight excluding hydrogens is 276 g/mol. The van der Waals surface area contributed by atoms with Gasteiger partial charge in [-0.1, -0.05) is 11.8 Å². The van der Waals surface area contributed by atoms with E-state index in [-0.39, 0.29) is 5.75 Å². The van der Waals surface area contributed by atoms with E-state index >= 15 is 0 Å². The average Bonchev–Trinajstić information content (AvgIpc) is 3.16. The Bertz CT molecular complexity index is 652. The summed E-state index contributed by atoms with van der Waals surface area (Å²) < 4.78 is 2.06. The maximum Gasteiger partial charge on any atom is 0.313 e. The molecule has 104 valence electrons. The van der Waals surface area contributed by atoms with E-state index in [1.165, 1.54) is 11.8 Å². The molecule has 2 aromatic rings. The van der Waals surface area contributed by atoms with E-state index in [2.05, 4.69) is 19.7 Å². The normalized spacial score (nSPS) is 14.4. The van der Waals surface area contributed by atoms with Crippen LogP contribution in [0.4, 0.5) is 0 Å². The molecule has 1 saturated carbocycles. The molecule has 3 rings (SSSR count). The van der Waals surface area contributed by atoms with Gasteiger partial charge < -0.3 is 5.11 Å². The zero-order valence-corrected chi connectivity index (χ0v) is 11.8. The number of carbonyl (C=O) groups is 1. The van der Waals surface area contributed by atoms with Crippen molar-refractivity contribution in [2.24, 2.45) is 0 Å². The number of nitrogens with zero attached hydrogens (tertiary/aromatic N) is 4. The monoisotopic (exact) mass is 290 g/mol. The van der Waals surface area contributed by atoms with Gasteiger partial charge in [0.1, 0.15) is 0 Å². The topological polar surface area (TPSA) is 80.9 Å². The van der Waals surface area contributed by atoms with Gasteiger partial charge >= 0.3 is 5.97 Å². The molecule has 1 aliphatic rings. The number of rotatable bonds is 5. The maximum atomic E-state index is 10.7. The third-order valence-electron chi connectivity index (χ3n) is 3.06. The number of pyridine rings is 1. The van der Waals surface area contributed by atoms with Crippen molar-refractivity contribution in [3.63, 3.8) is 0 Å². The summed E-state index contributed by atoms with van der Waals surface area (Å²) in [5.41, 5.74) is 1.90. The van der Waals surface area contributed by atoms with Crippen molar-refractivity contribution >= 4 is 17.7 Å². The van der Waals surface area contributed by atoms with Gasteiger partial charge in [0.25, 0.3) is 0 Å². The minimum atomic E-state index is -0.846. The molecule has 0 amide bonds. The number of aromatic nitrogens is 4. The number of aliphatic carboxylic acids is 1. The molecule has 0 unspecified atom stereocenters. The molecule has 0 aliphatic heterocycles. The summed E-state index contributed by atoms with van der Waals surface area (Å²) in [5, 5.41) is 17.9. The van der Waals surface area contributed by atoms with Gasteiger partial charge in [-0.2, -0.15) is 0 Å². The second kappa shape index (κ2) is 5.24. The highest BCUT2D eigenvalue weighted by atomic mass is 32.2. The fraction of sp³-hybridized carbons (Fsp3) is 0.385. The van der Waals surface area contributed by atoms with Crippen LogP contribution in [0.3, 0.4) is 0 Å². The van der Waals surface area contributed by atoms with Crippen LogP contribution in [0.2, 0.25) is 0 Å². The lowest BCUT2D eigenvalue weighted by Crippen LogP contribution is -2.03. The smallest absolute Gasteiger partial charge is 0.313 e. The Hall–Kier alpha value is -1.89. The van der Waals surface area contributed by atoms with Crippen LogP contribution in [-0.2, 0) is 4.79 Å². The van der Waals surface area contributed by atoms with Crippen LogP contribution in [0.25, 0.3) is 11.4 Å². The maximum absolute atomic E-state index is 10.7. The summed E-state index contributed by atoms with van der Waals surface area (Å²) >= 11 is 1.22. The van der Waals surface area contributed by atoms with E-state index in [1.807, 2.05) is 19.1 Å². The molecule has 0 saturated heterocycles. The fourth-order valence-corrected chi connectivity index (χ4v) is 2.77. The van der Waals surface area contributed by atoms with Gasteiger partial charge in [-0.3, -0.25) is 14.3 Å². The molecule has 1 fully saturated rings. The summed E-state index contributed by atoms with van der Waals surface area (Å²) in [6.07, 6.45) is 3.94. The van der Waals surface area contributed by atoms with E-state index in [1.54, 1.807) is 6.20 Å². The molecular formula is C13H14N4O2S. The third-order valence-corrected chi connectivity index (χ3v) is 3.98. The Labute approximate surface area is 120 Å². The van der Waals surface area contributed by atoms with Gasteiger partial charge in [0.05, 0.1) is 5.75 Å². The Morgan fingerprint density at radius 2 is 2.30 bits per heavy atom. The van der Waals surface area contributed by atoms with Crippen LogP contribution in [0.15, 0.2) is 23.5 Å². The van der Waals surface area contributed by atoms with Crippen LogP contribution < -0.4 is 0 Å². The van der Waals surface area contributed by atoms with E-state index < -0.39 is 5.97 Å². The standard InChI is InChI=1S/C13H14N4O2S/c1-8-6-9(4-5-14-8)12-15-16-13(20-7-11(18)19)17(12)10-2-3-10/h4-6,10H,2-3,7H2,1H3,(H,18,19). The number of carboxylic acids is 1. The highest BCUT2D eigenvalue weighted by Crippen LogP contribution is 2.40. The van der Waals surface area contributed by atoms with Gasteiger partial charge in [-0.25, -0.2) is 0 Å². The number of thioether (sulfide) groups is 1. The molecule has 0 bridgehead atoms. The Balaban J connectivity index is 1.97. The minimum Gasteiger partial charge on any atom is -0.481 e. The molecule has 0 spiro atoms. The van der Waals surface area contributed by atoms with Crippen molar-refractivity contribution in [2.75, 3.05) is 5.75 Å². The van der Waals surface area contributed by atoms with Crippen LogP contribution in [-0.4, -0.2) is 36.6 Å². The molecule has 6 nitrogen and oxygen atoms in total. The second-order valence-corrected chi connectivity index (χ2v) is 5.72. The van der Waals surface area contributed by atoms with Crippen LogP contribution >= 0.6 is 11.8 Å². The van der Waals surface area contributed by atoms with E-state index in [9.17, 15) is 4.79 Å². The van der Waals surface area contributed by atoms with Gasteiger partial charge in [0, 0.05) is 23.5 Å². The molecule has 0 radical (unpaired) electrons. The molecule has 20 heavy (non-hydrogen) atoms. The van der Waals surface area contributed by atoms with Gasteiger partial charge in [0.15, 0.2) is 11.0 Å². The Morgan fingerprint density at radius 3 is 2.95 bits per heavy atom. The van der Waals surface area contributed by atoms with Crippen molar-refractivity contribution in [3.8, 4) is 11.4 Å². The number of carboxylic acid groups (broad SMARTS) is 1. The lowest BCUT2D eigenvalue weighted by atomic mass is 10.2. The molecule has 1 N–H and O–H groups in total. The summed E-state index contributed by atoms with van der Waals surface area (Å²) in [6.45, 7) is 1.93. The first-order valence-corrected chi connectivity index (χ1v) is 7.36. The zero-order valence-electron chi connectivity index (χ0n) is 11.0. The molecule has 1 aliphatic carbocycles. The van der Waals surface area contributed by atoms with Crippen molar-refractivity contribution in [2.45, 2.75) is 31.0 Å². The van der Waals surface area contributed by atoms with E-state index in [0.29, 0.717) is 11.2 Å². The first kappa shape index (κ1) is 13.1. The molecule has 0 aromatic carbocycles. The average molecular weight is 290 g/mol. The number of hydrogen-bond acceptors (Lipinski definition) is 5. The predicted molar refractivity (Wildman–Crippen MR) is 74.6 cm³/mol. The van der Waals surface area contributed by atoms with E-state index in [0.717, 1.165) is 29.9 Å². The molecule has 2 aromatic heterocycles. The zero-order chi connectivity index (χ0) is 14.1. The van der Waals surface area contributed by atoms with Crippen molar-refractivity contribution in [1.29, 1.82) is 0 Å². The van der Waals surface area contributed by atoms with Gasteiger partial charge in [-0.15, -0.1) is 10.2 Å². The van der Waals surface area contributed by atoms with Crippen LogP contribution in [0.1, 0.15) is 24.6 Å². The Morgan fingerprint density at radius 1 is 1.50 bits per heavy atom. The second-order valence-electron chi connectivity index (χ2n) is 4.78. The van der Waals surface area contributed by atoms with Gasteiger partial charge in [-0.05, 0) is 31.9 Å². The SMILES string of the molecule is Cc1cc(-c2nnc(SCC(=O)O)n2C2CC2)ccn1. The summed E-state index contributed by atoms with van der Waals surface area (Å²) in [5.74, 6) is -0.0483. The molecule has 7 heteroatoms. The highest BCUT2D eigenvalue weighted by Gasteiger charge is 2.30. The largest absolute Gasteiger partial charge is 0.481 e. The quantitative estimate of drug-likeness (QED) is 0.850. The Kier molecular flexibility index (Phi) is 3.43. The minimum absolute atomic E-state index is 0.000225. The van der Waals surface area contributed by atoms with Crippen LogP contribution in [0.5, 0.6) is 0 Å². The molecule has 2 heterocycles. The number of aryl methyl sites for hydroxylation is 1. The van der Waals surface area contributed by atoms with Crippen molar-refractivity contribution < 1.29 is 9.90 Å². The fourth-order valence-electron chi connectivity index (χ4n) is 2.05. The third kappa shape index (κ3) is 2.67. The predicted octanol–water partition coefficient (Wildman–Crippen LogP) is 2.16. The number of hydrogen-bond donors (Lipinski definition) is 1. The summed E-state index contributed by atoms with van der Waals surface area (Å²) in [6, 6.07) is 4.26. The lowest BCUT2D eigenvalue weighted by Gasteiger charge is -2.08. The van der Waals surface area contributed by atoms with Crippen LogP contribution in [0, 0.1) is 6.92 Å². The lowest BCUT2D eigenvalue weighted by molar-refractivity contribution is -0.133.